The van der Waals surface area contributed by atoms with Crippen molar-refractivity contribution in [2.24, 2.45) is 0 Å². The highest BCUT2D eigenvalue weighted by molar-refractivity contribution is 9.08. The van der Waals surface area contributed by atoms with Gasteiger partial charge in [-0.05, 0) is 6.07 Å². The molecule has 0 amide bonds. The molecule has 3 nitrogen and oxygen atoms in total. The van der Waals surface area contributed by atoms with Crippen LogP contribution in [-0.4, -0.2) is 13.9 Å². The molecule has 0 radical (unpaired) electrons. The molecule has 0 atom stereocenters. The van der Waals surface area contributed by atoms with Gasteiger partial charge >= 0.3 is 0 Å². The molecule has 1 aromatic rings. The van der Waals surface area contributed by atoms with Gasteiger partial charge in [-0.2, -0.15) is 0 Å². The highest BCUT2D eigenvalue weighted by Crippen LogP contribution is 2.43. The van der Waals surface area contributed by atoms with Gasteiger partial charge in [0.15, 0.2) is 11.5 Å². The van der Waals surface area contributed by atoms with Gasteiger partial charge in [-0.3, -0.25) is 0 Å². The summed E-state index contributed by atoms with van der Waals surface area (Å²) in [7, 11) is 1.63. The van der Waals surface area contributed by atoms with Crippen LogP contribution in [0.15, 0.2) is 12.1 Å². The molecule has 1 aliphatic heterocycles. The van der Waals surface area contributed by atoms with Crippen molar-refractivity contribution in [2.45, 2.75) is 5.33 Å². The number of alkyl halides is 1. The molecule has 0 fully saturated rings. The van der Waals surface area contributed by atoms with Crippen LogP contribution in [0, 0.1) is 0 Å². The van der Waals surface area contributed by atoms with E-state index < -0.39 is 0 Å². The van der Waals surface area contributed by atoms with Crippen LogP contribution in [0.4, 0.5) is 0 Å². The van der Waals surface area contributed by atoms with Gasteiger partial charge in [-0.1, -0.05) is 22.0 Å². The quantitative estimate of drug-likeness (QED) is 0.748. The van der Waals surface area contributed by atoms with Gasteiger partial charge in [0.2, 0.25) is 12.5 Å². The van der Waals surface area contributed by atoms with E-state index in [0.29, 0.717) is 5.75 Å². The van der Waals surface area contributed by atoms with Crippen molar-refractivity contribution < 1.29 is 14.2 Å². The molecular formula is C9H9BrO3. The first kappa shape index (κ1) is 8.69. The number of fused-ring (bicyclic) bond motifs is 1. The van der Waals surface area contributed by atoms with E-state index in [2.05, 4.69) is 15.9 Å². The summed E-state index contributed by atoms with van der Waals surface area (Å²) in [5, 5.41) is 0.743. The second-order valence-corrected chi connectivity index (χ2v) is 3.19. The minimum atomic E-state index is 0.275. The van der Waals surface area contributed by atoms with Crippen molar-refractivity contribution in [3.8, 4) is 17.2 Å². The van der Waals surface area contributed by atoms with Crippen LogP contribution in [0.2, 0.25) is 0 Å². The van der Waals surface area contributed by atoms with E-state index in [-0.39, 0.29) is 6.79 Å². The predicted octanol–water partition coefficient (Wildman–Crippen LogP) is 2.32. The summed E-state index contributed by atoms with van der Waals surface area (Å²) in [4.78, 5) is 0. The molecule has 4 heteroatoms. The molecule has 1 aliphatic rings. The molecule has 1 heterocycles. The van der Waals surface area contributed by atoms with E-state index in [1.807, 2.05) is 12.1 Å². The minimum Gasteiger partial charge on any atom is -0.492 e. The Kier molecular flexibility index (Phi) is 2.31. The number of rotatable bonds is 2. The second-order valence-electron chi connectivity index (χ2n) is 2.63. The van der Waals surface area contributed by atoms with Crippen molar-refractivity contribution in [2.75, 3.05) is 13.9 Å². The lowest BCUT2D eigenvalue weighted by Crippen LogP contribution is -1.94. The summed E-state index contributed by atoms with van der Waals surface area (Å²) < 4.78 is 15.8. The maximum absolute atomic E-state index is 5.29. The Morgan fingerprint density at radius 2 is 2.31 bits per heavy atom. The normalized spacial score (nSPS) is 13.1. The van der Waals surface area contributed by atoms with Crippen LogP contribution >= 0.6 is 15.9 Å². The van der Waals surface area contributed by atoms with Crippen molar-refractivity contribution in [3.63, 3.8) is 0 Å². The molecule has 0 unspecified atom stereocenters. The van der Waals surface area contributed by atoms with Crippen LogP contribution in [0.1, 0.15) is 5.56 Å². The SMILES string of the molecule is COc1c(CBr)ccc2c1OCO2. The third kappa shape index (κ3) is 1.35. The van der Waals surface area contributed by atoms with E-state index >= 15 is 0 Å². The molecule has 0 bridgehead atoms. The van der Waals surface area contributed by atoms with Crippen LogP contribution in [0.3, 0.4) is 0 Å². The van der Waals surface area contributed by atoms with Crippen molar-refractivity contribution in [1.29, 1.82) is 0 Å². The Balaban J connectivity index is 2.53. The molecule has 2 rings (SSSR count). The van der Waals surface area contributed by atoms with Gasteiger partial charge in [0.25, 0.3) is 0 Å². The first-order valence-corrected chi connectivity index (χ1v) is 5.00. The molecule has 13 heavy (non-hydrogen) atoms. The Morgan fingerprint density at radius 3 is 3.00 bits per heavy atom. The summed E-state index contributed by atoms with van der Waals surface area (Å²) in [5.74, 6) is 2.22. The van der Waals surface area contributed by atoms with Crippen molar-refractivity contribution >= 4 is 15.9 Å². The number of benzene rings is 1. The standard InChI is InChI=1S/C9H9BrO3/c1-11-8-6(4-10)2-3-7-9(8)13-5-12-7/h2-3H,4-5H2,1H3. The van der Waals surface area contributed by atoms with E-state index in [0.717, 1.165) is 22.4 Å². The fourth-order valence-corrected chi connectivity index (χ4v) is 1.76. The van der Waals surface area contributed by atoms with Gasteiger partial charge in [0, 0.05) is 10.9 Å². The number of methoxy groups -OCH3 is 1. The summed E-state index contributed by atoms with van der Waals surface area (Å²) in [6.45, 7) is 0.275. The van der Waals surface area contributed by atoms with Crippen LogP contribution < -0.4 is 14.2 Å². The zero-order valence-electron chi connectivity index (χ0n) is 7.17. The van der Waals surface area contributed by atoms with Gasteiger partial charge in [0.05, 0.1) is 7.11 Å². The fraction of sp³-hybridized carbons (Fsp3) is 0.333. The van der Waals surface area contributed by atoms with Crippen LogP contribution in [-0.2, 0) is 5.33 Å². The molecule has 0 saturated carbocycles. The largest absolute Gasteiger partial charge is 0.492 e. The maximum Gasteiger partial charge on any atom is 0.231 e. The lowest BCUT2D eigenvalue weighted by Gasteiger charge is -2.08. The van der Waals surface area contributed by atoms with Crippen LogP contribution in [0.5, 0.6) is 17.2 Å². The average molecular weight is 245 g/mol. The molecule has 0 saturated heterocycles. The van der Waals surface area contributed by atoms with Gasteiger partial charge in [-0.25, -0.2) is 0 Å². The third-order valence-corrected chi connectivity index (χ3v) is 2.53. The smallest absolute Gasteiger partial charge is 0.231 e. The van der Waals surface area contributed by atoms with E-state index in [1.165, 1.54) is 0 Å². The summed E-state index contributed by atoms with van der Waals surface area (Å²) in [6, 6.07) is 3.85. The molecule has 0 aromatic heterocycles. The minimum absolute atomic E-state index is 0.275. The fourth-order valence-electron chi connectivity index (χ4n) is 1.32. The lowest BCUT2D eigenvalue weighted by atomic mass is 10.2. The van der Waals surface area contributed by atoms with Crippen LogP contribution in [0.25, 0.3) is 0 Å². The number of hydrogen-bond acceptors (Lipinski definition) is 3. The van der Waals surface area contributed by atoms with Gasteiger partial charge in [-0.15, -0.1) is 0 Å². The number of ether oxygens (including phenoxy) is 3. The predicted molar refractivity (Wildman–Crippen MR) is 51.7 cm³/mol. The number of halogens is 1. The second kappa shape index (κ2) is 3.46. The summed E-state index contributed by atoms with van der Waals surface area (Å²) in [6.07, 6.45) is 0. The Hall–Kier alpha value is -0.900. The maximum atomic E-state index is 5.29. The summed E-state index contributed by atoms with van der Waals surface area (Å²) >= 11 is 3.38. The first-order valence-electron chi connectivity index (χ1n) is 3.88. The Morgan fingerprint density at radius 1 is 1.46 bits per heavy atom. The third-order valence-electron chi connectivity index (χ3n) is 1.92. The van der Waals surface area contributed by atoms with E-state index in [4.69, 9.17) is 14.2 Å². The topological polar surface area (TPSA) is 27.7 Å². The molecule has 0 N–H and O–H groups in total. The Bertz CT molecular complexity index is 325. The van der Waals surface area contributed by atoms with Crippen molar-refractivity contribution in [3.05, 3.63) is 17.7 Å². The highest BCUT2D eigenvalue weighted by atomic mass is 79.9. The molecule has 0 spiro atoms. The molecular weight excluding hydrogens is 236 g/mol. The molecule has 70 valence electrons. The van der Waals surface area contributed by atoms with Gasteiger partial charge in [0.1, 0.15) is 0 Å². The molecule has 0 aliphatic carbocycles. The number of hydrogen-bond donors (Lipinski definition) is 0. The Labute approximate surface area is 84.7 Å². The average Bonchev–Trinajstić information content (AvgIpc) is 2.63. The van der Waals surface area contributed by atoms with E-state index in [1.54, 1.807) is 7.11 Å². The molecule has 1 aromatic carbocycles. The zero-order valence-corrected chi connectivity index (χ0v) is 8.76. The van der Waals surface area contributed by atoms with Gasteiger partial charge < -0.3 is 14.2 Å². The zero-order chi connectivity index (χ0) is 9.26. The highest BCUT2D eigenvalue weighted by Gasteiger charge is 2.20. The van der Waals surface area contributed by atoms with E-state index in [9.17, 15) is 0 Å². The monoisotopic (exact) mass is 244 g/mol. The van der Waals surface area contributed by atoms with Crippen molar-refractivity contribution in [1.82, 2.24) is 0 Å². The first-order chi connectivity index (χ1) is 6.36. The summed E-state index contributed by atoms with van der Waals surface area (Å²) in [5.41, 5.74) is 1.06. The lowest BCUT2D eigenvalue weighted by molar-refractivity contribution is 0.171.